The molecule has 1 atom stereocenters. The minimum Gasteiger partial charge on any atom is -0.477 e. The molecule has 2 aromatic rings. The standard InChI is InChI=1S/C14H11F2NO3/c1-8-6-7-10(14(19)20)13(18)17(8)12(16)9-4-2-3-5-11(9)15/h2-7,12H,1H3,(H,19,20). The smallest absolute Gasteiger partial charge is 0.341 e. The van der Waals surface area contributed by atoms with Gasteiger partial charge in [0.2, 0.25) is 6.30 Å². The third-order valence-electron chi connectivity index (χ3n) is 2.94. The van der Waals surface area contributed by atoms with Gasteiger partial charge >= 0.3 is 5.97 Å². The van der Waals surface area contributed by atoms with Gasteiger partial charge in [0.15, 0.2) is 0 Å². The Kier molecular flexibility index (Phi) is 3.65. The van der Waals surface area contributed by atoms with Crippen molar-refractivity contribution in [2.75, 3.05) is 0 Å². The highest BCUT2D eigenvalue weighted by Gasteiger charge is 2.22. The van der Waals surface area contributed by atoms with Crippen molar-refractivity contribution in [3.8, 4) is 0 Å². The summed E-state index contributed by atoms with van der Waals surface area (Å²) in [5, 5.41) is 8.88. The summed E-state index contributed by atoms with van der Waals surface area (Å²) in [6, 6.07) is 7.52. The van der Waals surface area contributed by atoms with Crippen molar-refractivity contribution >= 4 is 5.97 Å². The van der Waals surface area contributed by atoms with Crippen LogP contribution in [0.4, 0.5) is 8.78 Å². The predicted molar refractivity (Wildman–Crippen MR) is 68.0 cm³/mol. The molecule has 20 heavy (non-hydrogen) atoms. The number of benzene rings is 1. The summed E-state index contributed by atoms with van der Waals surface area (Å²) in [6.07, 6.45) is -2.08. The first-order valence-corrected chi connectivity index (χ1v) is 5.77. The highest BCUT2D eigenvalue weighted by Crippen LogP contribution is 2.22. The number of halogens is 2. The number of hydrogen-bond donors (Lipinski definition) is 1. The monoisotopic (exact) mass is 279 g/mol. The van der Waals surface area contributed by atoms with Crippen LogP contribution in [0, 0.1) is 12.7 Å². The molecule has 6 heteroatoms. The van der Waals surface area contributed by atoms with E-state index in [1.54, 1.807) is 0 Å². The molecule has 0 aliphatic heterocycles. The number of pyridine rings is 1. The summed E-state index contributed by atoms with van der Waals surface area (Å²) in [5.41, 5.74) is -1.68. The quantitative estimate of drug-likeness (QED) is 0.939. The summed E-state index contributed by atoms with van der Waals surface area (Å²) in [4.78, 5) is 22.9. The maximum absolute atomic E-state index is 14.4. The average molecular weight is 279 g/mol. The van der Waals surface area contributed by atoms with E-state index >= 15 is 0 Å². The Morgan fingerprint density at radius 1 is 1.25 bits per heavy atom. The van der Waals surface area contributed by atoms with Gasteiger partial charge in [-0.2, -0.15) is 0 Å². The fourth-order valence-corrected chi connectivity index (χ4v) is 1.90. The number of alkyl halides is 1. The van der Waals surface area contributed by atoms with Gasteiger partial charge in [-0.25, -0.2) is 13.6 Å². The van der Waals surface area contributed by atoms with Gasteiger partial charge in [-0.15, -0.1) is 0 Å². The molecule has 2 rings (SSSR count). The Labute approximate surface area is 112 Å². The first-order chi connectivity index (χ1) is 9.43. The molecule has 1 aromatic carbocycles. The lowest BCUT2D eigenvalue weighted by Crippen LogP contribution is -2.30. The molecular weight excluding hydrogens is 268 g/mol. The second kappa shape index (κ2) is 5.24. The normalized spacial score (nSPS) is 12.2. The van der Waals surface area contributed by atoms with Crippen LogP contribution in [0.15, 0.2) is 41.2 Å². The van der Waals surface area contributed by atoms with Crippen molar-refractivity contribution in [2.24, 2.45) is 0 Å². The van der Waals surface area contributed by atoms with Gasteiger partial charge in [0.25, 0.3) is 5.56 Å². The number of carbonyl (C=O) groups is 1. The van der Waals surface area contributed by atoms with Crippen LogP contribution in [0.25, 0.3) is 0 Å². The van der Waals surface area contributed by atoms with E-state index in [4.69, 9.17) is 5.11 Å². The van der Waals surface area contributed by atoms with Crippen LogP contribution in [-0.2, 0) is 0 Å². The zero-order valence-corrected chi connectivity index (χ0v) is 10.5. The molecule has 0 saturated carbocycles. The minimum atomic E-state index is -2.08. The number of rotatable bonds is 3. The van der Waals surface area contributed by atoms with Gasteiger partial charge in [-0.1, -0.05) is 18.2 Å². The molecule has 1 unspecified atom stereocenters. The molecule has 0 aliphatic carbocycles. The van der Waals surface area contributed by atoms with Crippen LogP contribution >= 0.6 is 0 Å². The van der Waals surface area contributed by atoms with Gasteiger partial charge in [0.1, 0.15) is 11.4 Å². The number of carboxylic acids is 1. The van der Waals surface area contributed by atoms with Gasteiger partial charge in [-0.3, -0.25) is 9.36 Å². The fraction of sp³-hybridized carbons (Fsp3) is 0.143. The molecule has 0 bridgehead atoms. The lowest BCUT2D eigenvalue weighted by atomic mass is 10.1. The summed E-state index contributed by atoms with van der Waals surface area (Å²) in [6.45, 7) is 1.44. The number of aromatic nitrogens is 1. The Balaban J connectivity index is 2.64. The van der Waals surface area contributed by atoms with Crippen molar-refractivity contribution in [1.82, 2.24) is 4.57 Å². The first-order valence-electron chi connectivity index (χ1n) is 5.77. The molecule has 0 amide bonds. The lowest BCUT2D eigenvalue weighted by Gasteiger charge is -2.16. The van der Waals surface area contributed by atoms with Crippen LogP contribution in [0.3, 0.4) is 0 Å². The van der Waals surface area contributed by atoms with Crippen LogP contribution in [0.5, 0.6) is 0 Å². The number of aromatic carboxylic acids is 1. The highest BCUT2D eigenvalue weighted by molar-refractivity contribution is 5.87. The van der Waals surface area contributed by atoms with Gasteiger partial charge < -0.3 is 5.11 Å². The minimum absolute atomic E-state index is 0.204. The fourth-order valence-electron chi connectivity index (χ4n) is 1.90. The predicted octanol–water partition coefficient (Wildman–Crippen LogP) is 2.51. The summed E-state index contributed by atoms with van der Waals surface area (Å²) < 4.78 is 28.6. The van der Waals surface area contributed by atoms with Crippen molar-refractivity contribution in [3.63, 3.8) is 0 Å². The van der Waals surface area contributed by atoms with Crippen molar-refractivity contribution in [3.05, 3.63) is 69.4 Å². The van der Waals surface area contributed by atoms with E-state index in [0.29, 0.717) is 4.57 Å². The number of carboxylic acid groups (broad SMARTS) is 1. The number of aryl methyl sites for hydroxylation is 1. The maximum atomic E-state index is 14.4. The largest absolute Gasteiger partial charge is 0.477 e. The van der Waals surface area contributed by atoms with Gasteiger partial charge in [0.05, 0.1) is 0 Å². The van der Waals surface area contributed by atoms with E-state index < -0.39 is 29.2 Å². The number of nitrogens with zero attached hydrogens (tertiary/aromatic N) is 1. The van der Waals surface area contributed by atoms with Crippen LogP contribution < -0.4 is 5.56 Å². The second-order valence-electron chi connectivity index (χ2n) is 4.23. The van der Waals surface area contributed by atoms with E-state index in [1.165, 1.54) is 31.2 Å². The molecule has 1 aromatic heterocycles. The maximum Gasteiger partial charge on any atom is 0.341 e. The molecule has 0 fully saturated rings. The average Bonchev–Trinajstić information content (AvgIpc) is 2.38. The zero-order valence-electron chi connectivity index (χ0n) is 10.5. The second-order valence-corrected chi connectivity index (χ2v) is 4.23. The molecular formula is C14H11F2NO3. The Morgan fingerprint density at radius 2 is 1.90 bits per heavy atom. The SMILES string of the molecule is Cc1ccc(C(=O)O)c(=O)n1C(F)c1ccccc1F. The van der Waals surface area contributed by atoms with Crippen LogP contribution in [0.2, 0.25) is 0 Å². The van der Waals surface area contributed by atoms with E-state index in [2.05, 4.69) is 0 Å². The molecule has 0 radical (unpaired) electrons. The summed E-state index contributed by atoms with van der Waals surface area (Å²) in [5.74, 6) is -2.25. The first kappa shape index (κ1) is 13.9. The van der Waals surface area contributed by atoms with Crippen LogP contribution in [0.1, 0.15) is 27.9 Å². The Bertz CT molecular complexity index is 725. The zero-order chi connectivity index (χ0) is 14.9. The van der Waals surface area contributed by atoms with Gasteiger partial charge in [0, 0.05) is 11.3 Å². The topological polar surface area (TPSA) is 59.3 Å². The highest BCUT2D eigenvalue weighted by atomic mass is 19.1. The third-order valence-corrected chi connectivity index (χ3v) is 2.94. The third kappa shape index (κ3) is 2.32. The van der Waals surface area contributed by atoms with E-state index in [-0.39, 0.29) is 11.3 Å². The van der Waals surface area contributed by atoms with Crippen molar-refractivity contribution < 1.29 is 18.7 Å². The van der Waals surface area contributed by atoms with Crippen molar-refractivity contribution in [2.45, 2.75) is 13.2 Å². The molecule has 0 aliphatic rings. The summed E-state index contributed by atoms with van der Waals surface area (Å²) in [7, 11) is 0. The van der Waals surface area contributed by atoms with Crippen molar-refractivity contribution in [1.29, 1.82) is 0 Å². The Morgan fingerprint density at radius 3 is 2.50 bits per heavy atom. The Hall–Kier alpha value is -2.50. The van der Waals surface area contributed by atoms with E-state index in [1.807, 2.05) is 0 Å². The number of hydrogen-bond acceptors (Lipinski definition) is 2. The molecule has 1 heterocycles. The van der Waals surface area contributed by atoms with Crippen LogP contribution in [-0.4, -0.2) is 15.6 Å². The lowest BCUT2D eigenvalue weighted by molar-refractivity contribution is 0.0693. The molecule has 0 saturated heterocycles. The van der Waals surface area contributed by atoms with E-state index in [9.17, 15) is 18.4 Å². The molecule has 104 valence electrons. The molecule has 0 spiro atoms. The van der Waals surface area contributed by atoms with E-state index in [0.717, 1.165) is 12.1 Å². The molecule has 1 N–H and O–H groups in total. The van der Waals surface area contributed by atoms with Gasteiger partial charge in [-0.05, 0) is 25.1 Å². The summed E-state index contributed by atoms with van der Waals surface area (Å²) >= 11 is 0. The molecule has 4 nitrogen and oxygen atoms in total.